The maximum Gasteiger partial charge on any atom is 0.293 e. The SMILES string of the molecule is CC(C)c1ccccc1[C@@H]1CCCN1C1CC2(CCN(c3ccc(C(=O)NS(=O)(=O)c4ccc(NCC5CCOCC5)c([N+](=O)[O-])c4)c(N4C[C@@H]5COCC[C@@H]5Oc5nc6[nH]ccc6cc54)c3)CC2)C1. The molecular formula is C53H64N8O8S. The fourth-order valence-corrected chi connectivity index (χ4v) is 13.3. The second-order valence-electron chi connectivity index (χ2n) is 20.9. The van der Waals surface area contributed by atoms with E-state index in [0.29, 0.717) is 92.3 Å². The van der Waals surface area contributed by atoms with E-state index >= 15 is 0 Å². The molecule has 70 heavy (non-hydrogen) atoms. The minimum atomic E-state index is -4.59. The summed E-state index contributed by atoms with van der Waals surface area (Å²) in [6, 6.07) is 23.3. The third kappa shape index (κ3) is 9.09. The molecule has 5 fully saturated rings. The van der Waals surface area contributed by atoms with Gasteiger partial charge in [0.1, 0.15) is 23.1 Å². The average molecular weight is 973 g/mol. The van der Waals surface area contributed by atoms with Gasteiger partial charge in [0, 0.05) is 87.2 Å². The Morgan fingerprint density at radius 3 is 2.54 bits per heavy atom. The largest absolute Gasteiger partial charge is 0.472 e. The molecule has 3 N–H and O–H groups in total. The van der Waals surface area contributed by atoms with Crippen LogP contribution in [0.3, 0.4) is 0 Å². The summed E-state index contributed by atoms with van der Waals surface area (Å²) < 4.78 is 48.7. The van der Waals surface area contributed by atoms with Crippen LogP contribution in [0.1, 0.15) is 105 Å². The number of carbonyl (C=O) groups excluding carboxylic acids is 1. The lowest BCUT2D eigenvalue weighted by atomic mass is 9.59. The molecule has 0 bridgehead atoms. The lowest BCUT2D eigenvalue weighted by Gasteiger charge is -2.56. The molecule has 1 aliphatic carbocycles. The van der Waals surface area contributed by atoms with E-state index in [2.05, 4.69) is 62.9 Å². The topological polar surface area (TPSA) is 184 Å². The first kappa shape index (κ1) is 46.6. The smallest absolute Gasteiger partial charge is 0.293 e. The number of amides is 1. The third-order valence-corrected chi connectivity index (χ3v) is 17.6. The fourth-order valence-electron chi connectivity index (χ4n) is 12.3. The molecule has 16 nitrogen and oxygen atoms in total. The molecule has 3 aromatic carbocycles. The number of nitrogens with one attached hydrogen (secondary N) is 3. The molecule has 0 unspecified atom stereocenters. The molecule has 3 atom stereocenters. The van der Waals surface area contributed by atoms with Gasteiger partial charge in [-0.15, -0.1) is 0 Å². The number of likely N-dealkylation sites (tertiary alicyclic amines) is 1. The van der Waals surface area contributed by atoms with Crippen molar-refractivity contribution in [3.05, 3.63) is 106 Å². The van der Waals surface area contributed by atoms with E-state index in [0.717, 1.165) is 62.5 Å². The number of aromatic amines is 1. The van der Waals surface area contributed by atoms with Crippen molar-refractivity contribution < 1.29 is 32.3 Å². The van der Waals surface area contributed by atoms with E-state index in [1.165, 1.54) is 48.9 Å². The number of hydrogen-bond donors (Lipinski definition) is 3. The summed E-state index contributed by atoms with van der Waals surface area (Å²) in [5, 5.41) is 16.3. The first-order valence-electron chi connectivity index (χ1n) is 25.3. The molecule has 0 radical (unpaired) electrons. The number of rotatable bonds is 12. The highest BCUT2D eigenvalue weighted by atomic mass is 32.2. The van der Waals surface area contributed by atoms with Gasteiger partial charge in [0.05, 0.1) is 34.3 Å². The van der Waals surface area contributed by atoms with Crippen molar-refractivity contribution in [3.63, 3.8) is 0 Å². The lowest BCUT2D eigenvalue weighted by Crippen LogP contribution is -2.55. The van der Waals surface area contributed by atoms with Crippen LogP contribution in [0.2, 0.25) is 0 Å². The number of hydrogen-bond acceptors (Lipinski definition) is 13. The predicted molar refractivity (Wildman–Crippen MR) is 269 cm³/mol. The number of sulfonamides is 1. The summed E-state index contributed by atoms with van der Waals surface area (Å²) in [7, 11) is -4.59. The summed E-state index contributed by atoms with van der Waals surface area (Å²) in [6.07, 6.45) is 10.9. The Balaban J connectivity index is 0.873. The Morgan fingerprint density at radius 2 is 1.74 bits per heavy atom. The first-order valence-corrected chi connectivity index (χ1v) is 26.8. The van der Waals surface area contributed by atoms with Crippen LogP contribution in [0.15, 0.2) is 83.9 Å². The number of carbonyl (C=O) groups is 1. The van der Waals surface area contributed by atoms with Crippen molar-refractivity contribution in [3.8, 4) is 5.88 Å². The summed E-state index contributed by atoms with van der Waals surface area (Å²) in [5.74, 6) is 0.233. The number of nitrogens with zero attached hydrogens (tertiary/aromatic N) is 5. The Bertz CT molecular complexity index is 2870. The van der Waals surface area contributed by atoms with Crippen LogP contribution in [-0.4, -0.2) is 105 Å². The number of benzene rings is 3. The van der Waals surface area contributed by atoms with Crippen molar-refractivity contribution in [2.24, 2.45) is 17.3 Å². The van der Waals surface area contributed by atoms with Crippen molar-refractivity contribution in [1.82, 2.24) is 19.6 Å². The Kier molecular flexibility index (Phi) is 12.7. The number of anilines is 4. The van der Waals surface area contributed by atoms with E-state index in [1.54, 1.807) is 6.07 Å². The molecule has 4 saturated heterocycles. The van der Waals surface area contributed by atoms with Crippen LogP contribution < -0.4 is 24.6 Å². The van der Waals surface area contributed by atoms with Gasteiger partial charge < -0.3 is 34.3 Å². The summed E-state index contributed by atoms with van der Waals surface area (Å²) >= 11 is 0. The molecular weight excluding hydrogens is 909 g/mol. The zero-order chi connectivity index (χ0) is 48.1. The van der Waals surface area contributed by atoms with Gasteiger partial charge in [0.25, 0.3) is 21.6 Å². The molecule has 17 heteroatoms. The Labute approximate surface area is 409 Å². The van der Waals surface area contributed by atoms with E-state index in [4.69, 9.17) is 19.2 Å². The number of nitro benzene ring substituents is 1. The molecule has 1 amide bonds. The maximum absolute atomic E-state index is 14.7. The highest BCUT2D eigenvalue weighted by Gasteiger charge is 2.50. The Morgan fingerprint density at radius 1 is 0.943 bits per heavy atom. The van der Waals surface area contributed by atoms with Gasteiger partial charge in [0.15, 0.2) is 0 Å². The highest BCUT2D eigenvalue weighted by Crippen LogP contribution is 2.54. The van der Waals surface area contributed by atoms with E-state index in [1.807, 2.05) is 35.4 Å². The molecule has 7 heterocycles. The number of pyridine rings is 1. The summed E-state index contributed by atoms with van der Waals surface area (Å²) in [6.45, 7) is 10.6. The van der Waals surface area contributed by atoms with E-state index < -0.39 is 31.4 Å². The van der Waals surface area contributed by atoms with Gasteiger partial charge >= 0.3 is 0 Å². The van der Waals surface area contributed by atoms with Crippen LogP contribution in [0, 0.1) is 27.4 Å². The second kappa shape index (κ2) is 19.1. The highest BCUT2D eigenvalue weighted by molar-refractivity contribution is 7.90. The van der Waals surface area contributed by atoms with Gasteiger partial charge in [-0.05, 0) is 129 Å². The van der Waals surface area contributed by atoms with Crippen LogP contribution in [0.5, 0.6) is 5.88 Å². The van der Waals surface area contributed by atoms with Crippen LogP contribution in [0.4, 0.5) is 28.4 Å². The van der Waals surface area contributed by atoms with Gasteiger partial charge in [-0.2, -0.15) is 4.98 Å². The molecule has 6 aliphatic rings. The van der Waals surface area contributed by atoms with Crippen LogP contribution >= 0.6 is 0 Å². The minimum Gasteiger partial charge on any atom is -0.472 e. The van der Waals surface area contributed by atoms with Gasteiger partial charge in [0.2, 0.25) is 5.88 Å². The molecule has 370 valence electrons. The monoisotopic (exact) mass is 972 g/mol. The van der Waals surface area contributed by atoms with Gasteiger partial charge in [-0.25, -0.2) is 13.1 Å². The molecule has 5 aliphatic heterocycles. The third-order valence-electron chi connectivity index (χ3n) is 16.3. The Hall–Kier alpha value is -5.75. The van der Waals surface area contributed by atoms with E-state index in [9.17, 15) is 23.3 Å². The maximum atomic E-state index is 14.7. The normalized spacial score (nSPS) is 23.1. The number of aromatic nitrogens is 2. The number of fused-ring (bicyclic) bond motifs is 3. The standard InChI is InChI=1S/C53H64N8O8S/c1-34(2)41-6-3-4-7-42(41)45-8-5-20-59(45)39-29-53(30-39)17-21-58(22-18-53)38-9-11-43(46(27-38)60-32-37-33-68-25-16-49(37)69-52-48(60)26-36-13-19-54-50(36)56-52)51(62)57-70(65,66)40-10-12-44(47(28-40)61(63)64)55-31-35-14-23-67-24-15-35/h3-4,6-7,9-13,19,26-28,34-35,37,39,45,49,55H,5,8,14-18,20-25,29-33H2,1-2H3,(H,54,56)(H,57,62)/t37-,45+,49+/m1/s1. The average Bonchev–Trinajstić information content (AvgIpc) is 4.01. The van der Waals surface area contributed by atoms with Crippen molar-refractivity contribution in [2.75, 3.05) is 74.3 Å². The number of ether oxygens (including phenoxy) is 3. The van der Waals surface area contributed by atoms with Crippen LogP contribution in [-0.2, 0) is 19.5 Å². The lowest BCUT2D eigenvalue weighted by molar-refractivity contribution is -0.384. The number of H-pyrrole nitrogens is 1. The minimum absolute atomic E-state index is 0.0841. The zero-order valence-electron chi connectivity index (χ0n) is 40.1. The molecule has 2 aromatic heterocycles. The van der Waals surface area contributed by atoms with Crippen molar-refractivity contribution in [2.45, 2.75) is 101 Å². The van der Waals surface area contributed by atoms with Gasteiger partial charge in [-0.1, -0.05) is 38.1 Å². The van der Waals surface area contributed by atoms with Gasteiger partial charge in [-0.3, -0.25) is 19.8 Å². The fraction of sp³-hybridized carbons (Fsp3) is 0.509. The first-order chi connectivity index (χ1) is 33.9. The van der Waals surface area contributed by atoms with Crippen molar-refractivity contribution >= 4 is 55.4 Å². The number of nitro groups is 1. The number of piperidine rings is 1. The predicted octanol–water partition coefficient (Wildman–Crippen LogP) is 9.07. The molecule has 11 rings (SSSR count). The second-order valence-corrected chi connectivity index (χ2v) is 22.5. The summed E-state index contributed by atoms with van der Waals surface area (Å²) in [4.78, 5) is 41.3. The molecule has 1 spiro atoms. The summed E-state index contributed by atoms with van der Waals surface area (Å²) in [5.41, 5.74) is 5.97. The zero-order valence-corrected chi connectivity index (χ0v) is 40.9. The molecule has 1 saturated carbocycles. The quantitative estimate of drug-likeness (QED) is 0.0796. The van der Waals surface area contributed by atoms with E-state index in [-0.39, 0.29) is 29.2 Å². The molecule has 5 aromatic rings. The van der Waals surface area contributed by atoms with Crippen molar-refractivity contribution in [1.29, 1.82) is 0 Å². The van der Waals surface area contributed by atoms with Crippen LogP contribution in [0.25, 0.3) is 11.0 Å².